The predicted molar refractivity (Wildman–Crippen MR) is 84.0 cm³/mol. The van der Waals surface area contributed by atoms with E-state index >= 15 is 0 Å². The summed E-state index contributed by atoms with van der Waals surface area (Å²) in [6, 6.07) is 17.1. The van der Waals surface area contributed by atoms with Crippen molar-refractivity contribution in [2.24, 2.45) is 0 Å². The number of benzene rings is 2. The van der Waals surface area contributed by atoms with Gasteiger partial charge in [0.05, 0.1) is 5.69 Å². The van der Waals surface area contributed by atoms with Gasteiger partial charge in [-0.05, 0) is 35.9 Å². The van der Waals surface area contributed by atoms with Gasteiger partial charge in [-0.3, -0.25) is 4.57 Å². The number of imidazole rings is 1. The monoisotopic (exact) mass is 322 g/mol. The van der Waals surface area contributed by atoms with Crippen LogP contribution in [0.15, 0.2) is 54.6 Å². The summed E-state index contributed by atoms with van der Waals surface area (Å²) in [5.41, 5.74) is 2.57. The Morgan fingerprint density at radius 1 is 0.800 bits per heavy atom. The van der Waals surface area contributed by atoms with Crippen molar-refractivity contribution < 1.29 is 0 Å². The lowest BCUT2D eigenvalue weighted by atomic mass is 10.1. The van der Waals surface area contributed by atoms with E-state index in [9.17, 15) is 0 Å². The maximum absolute atomic E-state index is 6.22. The zero-order valence-corrected chi connectivity index (χ0v) is 12.5. The highest BCUT2D eigenvalue weighted by atomic mass is 35.5. The third-order valence-corrected chi connectivity index (χ3v) is 3.70. The normalized spacial score (nSPS) is 10.8. The molecule has 0 N–H and O–H groups in total. The van der Waals surface area contributed by atoms with Crippen LogP contribution in [-0.4, -0.2) is 9.55 Å². The van der Waals surface area contributed by atoms with Crippen LogP contribution in [-0.2, 0) is 0 Å². The van der Waals surface area contributed by atoms with Gasteiger partial charge in [-0.1, -0.05) is 53.5 Å². The van der Waals surface area contributed by atoms with Crippen molar-refractivity contribution in [1.82, 2.24) is 9.55 Å². The zero-order valence-electron chi connectivity index (χ0n) is 10.2. The van der Waals surface area contributed by atoms with E-state index < -0.39 is 0 Å². The molecule has 0 atom stereocenters. The number of nitrogens with zero attached hydrogens (tertiary/aromatic N) is 2. The van der Waals surface area contributed by atoms with Crippen LogP contribution in [0.2, 0.25) is 15.5 Å². The summed E-state index contributed by atoms with van der Waals surface area (Å²) in [5, 5.41) is 1.35. The molecule has 20 heavy (non-hydrogen) atoms. The second kappa shape index (κ2) is 5.49. The molecule has 5 heteroatoms. The molecule has 0 saturated heterocycles. The molecule has 2 aromatic carbocycles. The average Bonchev–Trinajstić information content (AvgIpc) is 2.75. The maximum atomic E-state index is 6.22. The Bertz CT molecular complexity index is 734. The first kappa shape index (κ1) is 13.5. The molecule has 0 spiro atoms. The Morgan fingerprint density at radius 2 is 1.45 bits per heavy atom. The highest BCUT2D eigenvalue weighted by Crippen LogP contribution is 2.33. The summed E-state index contributed by atoms with van der Waals surface area (Å²) in [5.74, 6) is 0. The highest BCUT2D eigenvalue weighted by Gasteiger charge is 2.17. The van der Waals surface area contributed by atoms with Crippen LogP contribution in [0.1, 0.15) is 0 Å². The molecule has 0 aliphatic carbocycles. The molecule has 3 rings (SSSR count). The average molecular weight is 324 g/mol. The zero-order chi connectivity index (χ0) is 14.1. The van der Waals surface area contributed by atoms with Crippen LogP contribution in [0.25, 0.3) is 16.9 Å². The fourth-order valence-electron chi connectivity index (χ4n) is 2.04. The van der Waals surface area contributed by atoms with E-state index in [2.05, 4.69) is 4.98 Å². The van der Waals surface area contributed by atoms with E-state index in [1.165, 1.54) is 0 Å². The molecule has 0 aliphatic heterocycles. The number of halogens is 3. The smallest absolute Gasteiger partial charge is 0.209 e. The Kier molecular flexibility index (Phi) is 3.70. The summed E-state index contributed by atoms with van der Waals surface area (Å²) in [7, 11) is 0. The lowest BCUT2D eigenvalue weighted by Gasteiger charge is -2.10. The van der Waals surface area contributed by atoms with Crippen molar-refractivity contribution in [3.05, 3.63) is 70.1 Å². The summed E-state index contributed by atoms with van der Waals surface area (Å²) in [6.07, 6.45) is 0. The van der Waals surface area contributed by atoms with Crippen LogP contribution >= 0.6 is 34.8 Å². The van der Waals surface area contributed by atoms with Crippen molar-refractivity contribution in [1.29, 1.82) is 0 Å². The van der Waals surface area contributed by atoms with Crippen molar-refractivity contribution in [3.63, 3.8) is 0 Å². The molecule has 0 saturated carbocycles. The second-order valence-corrected chi connectivity index (χ2v) is 5.33. The van der Waals surface area contributed by atoms with Gasteiger partial charge in [0, 0.05) is 16.3 Å². The summed E-state index contributed by atoms with van der Waals surface area (Å²) in [6.45, 7) is 0. The highest BCUT2D eigenvalue weighted by molar-refractivity contribution is 6.34. The SMILES string of the molecule is Clc1ccc(-n2c(Cl)nc(Cl)c2-c2ccccc2)cc1. The minimum atomic E-state index is 0.316. The molecule has 1 aromatic heterocycles. The van der Waals surface area contributed by atoms with Gasteiger partial charge < -0.3 is 0 Å². The van der Waals surface area contributed by atoms with E-state index in [0.29, 0.717) is 15.5 Å². The summed E-state index contributed by atoms with van der Waals surface area (Å²) in [4.78, 5) is 4.15. The van der Waals surface area contributed by atoms with Gasteiger partial charge in [-0.2, -0.15) is 0 Å². The van der Waals surface area contributed by atoms with E-state index in [1.807, 2.05) is 42.5 Å². The van der Waals surface area contributed by atoms with E-state index in [4.69, 9.17) is 34.8 Å². The fraction of sp³-hybridized carbons (Fsp3) is 0. The Hall–Kier alpha value is -1.48. The van der Waals surface area contributed by atoms with Gasteiger partial charge in [0.15, 0.2) is 5.15 Å². The quantitative estimate of drug-likeness (QED) is 0.609. The lowest BCUT2D eigenvalue weighted by molar-refractivity contribution is 1.06. The van der Waals surface area contributed by atoms with Crippen LogP contribution in [0.5, 0.6) is 0 Å². The molecule has 3 aromatic rings. The Balaban J connectivity index is 2.23. The first-order valence-electron chi connectivity index (χ1n) is 5.92. The van der Waals surface area contributed by atoms with Gasteiger partial charge in [0.25, 0.3) is 0 Å². The minimum absolute atomic E-state index is 0.316. The lowest BCUT2D eigenvalue weighted by Crippen LogP contribution is -1.97. The van der Waals surface area contributed by atoms with Crippen molar-refractivity contribution >= 4 is 34.8 Å². The van der Waals surface area contributed by atoms with Gasteiger partial charge in [-0.25, -0.2) is 4.98 Å². The van der Waals surface area contributed by atoms with Gasteiger partial charge in [0.2, 0.25) is 5.28 Å². The van der Waals surface area contributed by atoms with Gasteiger partial charge in [0.1, 0.15) is 0 Å². The first-order chi connectivity index (χ1) is 9.66. The first-order valence-corrected chi connectivity index (χ1v) is 7.05. The Morgan fingerprint density at radius 3 is 2.10 bits per heavy atom. The summed E-state index contributed by atoms with van der Waals surface area (Å²) < 4.78 is 1.80. The second-order valence-electron chi connectivity index (χ2n) is 4.20. The van der Waals surface area contributed by atoms with Crippen LogP contribution in [0.3, 0.4) is 0 Å². The van der Waals surface area contributed by atoms with Crippen molar-refractivity contribution in [3.8, 4) is 16.9 Å². The molecule has 100 valence electrons. The molecule has 0 radical (unpaired) electrons. The third kappa shape index (κ3) is 2.42. The van der Waals surface area contributed by atoms with E-state index in [0.717, 1.165) is 16.9 Å². The molecule has 0 aliphatic rings. The topological polar surface area (TPSA) is 17.8 Å². The van der Waals surface area contributed by atoms with E-state index in [1.54, 1.807) is 16.7 Å². The molecule has 0 bridgehead atoms. The molecule has 0 unspecified atom stereocenters. The van der Waals surface area contributed by atoms with Gasteiger partial charge in [-0.15, -0.1) is 0 Å². The van der Waals surface area contributed by atoms with Crippen LogP contribution in [0.4, 0.5) is 0 Å². The fourth-order valence-corrected chi connectivity index (χ4v) is 2.75. The number of rotatable bonds is 2. The minimum Gasteiger partial charge on any atom is -0.282 e. The van der Waals surface area contributed by atoms with Gasteiger partial charge >= 0.3 is 0 Å². The molecule has 0 amide bonds. The number of hydrogen-bond acceptors (Lipinski definition) is 1. The van der Waals surface area contributed by atoms with Crippen LogP contribution in [0, 0.1) is 0 Å². The van der Waals surface area contributed by atoms with E-state index in [-0.39, 0.29) is 0 Å². The standard InChI is InChI=1S/C15H9Cl3N2/c16-11-6-8-12(9-7-11)20-13(14(17)19-15(20)18)10-4-2-1-3-5-10/h1-9H. The van der Waals surface area contributed by atoms with Crippen LogP contribution < -0.4 is 0 Å². The predicted octanol–water partition coefficient (Wildman–Crippen LogP) is 5.50. The molecule has 2 nitrogen and oxygen atoms in total. The number of aromatic nitrogens is 2. The molecular formula is C15H9Cl3N2. The largest absolute Gasteiger partial charge is 0.282 e. The Labute approximate surface area is 131 Å². The third-order valence-electron chi connectivity index (χ3n) is 2.93. The summed E-state index contributed by atoms with van der Waals surface area (Å²) >= 11 is 18.3. The number of hydrogen-bond donors (Lipinski definition) is 0. The molecule has 0 fully saturated rings. The maximum Gasteiger partial charge on any atom is 0.209 e. The molecular weight excluding hydrogens is 315 g/mol. The molecule has 1 heterocycles. The van der Waals surface area contributed by atoms with Crippen molar-refractivity contribution in [2.75, 3.05) is 0 Å². The van der Waals surface area contributed by atoms with Crippen molar-refractivity contribution in [2.45, 2.75) is 0 Å².